The molecule has 194 valence electrons. The molecule has 1 amide bonds. The highest BCUT2D eigenvalue weighted by Crippen LogP contribution is 2.45. The molecule has 3 aromatic rings. The maximum absolute atomic E-state index is 13.8. The molecule has 0 fully saturated rings. The third kappa shape index (κ3) is 4.50. The number of amides is 1. The van der Waals surface area contributed by atoms with E-state index >= 15 is 0 Å². The van der Waals surface area contributed by atoms with Crippen LogP contribution in [0.3, 0.4) is 0 Å². The molecule has 0 unspecified atom stereocenters. The van der Waals surface area contributed by atoms with Crippen LogP contribution in [0.1, 0.15) is 20.3 Å². The molecule has 38 heavy (non-hydrogen) atoms. The minimum Gasteiger partial charge on any atom is -0.466 e. The molecule has 2 aromatic carbocycles. The molecule has 0 atom stereocenters. The maximum Gasteiger partial charge on any atom is 0.311 e. The summed E-state index contributed by atoms with van der Waals surface area (Å²) in [6, 6.07) is 17.0. The van der Waals surface area contributed by atoms with E-state index in [4.69, 9.17) is 4.74 Å². The molecule has 0 aliphatic carbocycles. The number of fused-ring (bicyclic) bond motifs is 1. The quantitative estimate of drug-likeness (QED) is 0.334. The molecule has 2 aliphatic heterocycles. The average Bonchev–Trinajstić information content (AvgIpc) is 3.55. The lowest BCUT2D eigenvalue weighted by molar-refractivity contribution is -0.141. The summed E-state index contributed by atoms with van der Waals surface area (Å²) in [6.45, 7) is 8.68. The Kier molecular flexibility index (Phi) is 7.35. The maximum atomic E-state index is 13.8. The first kappa shape index (κ1) is 25.7. The second-order valence-electron chi connectivity index (χ2n) is 8.42. The Hall–Kier alpha value is -3.89. The lowest BCUT2D eigenvalue weighted by Crippen LogP contribution is -2.36. The molecule has 0 saturated heterocycles. The molecule has 0 radical (unpaired) electrons. The normalized spacial score (nSPS) is 17.5. The Morgan fingerprint density at radius 3 is 2.53 bits per heavy atom. The highest BCUT2D eigenvalue weighted by atomic mass is 32.2. The topological polar surface area (TPSA) is 84.2 Å². The van der Waals surface area contributed by atoms with Gasteiger partial charge in [0.1, 0.15) is 14.2 Å². The zero-order valence-corrected chi connectivity index (χ0v) is 22.7. The number of thiazole rings is 1. The van der Waals surface area contributed by atoms with Crippen molar-refractivity contribution in [2.45, 2.75) is 31.7 Å². The van der Waals surface area contributed by atoms with Crippen molar-refractivity contribution in [2.75, 3.05) is 23.1 Å². The van der Waals surface area contributed by atoms with Gasteiger partial charge < -0.3 is 9.64 Å². The number of para-hydroxylation sites is 2. The van der Waals surface area contributed by atoms with Gasteiger partial charge in [-0.2, -0.15) is 10.1 Å². The fourth-order valence-electron chi connectivity index (χ4n) is 4.42. The summed E-state index contributed by atoms with van der Waals surface area (Å²) in [7, 11) is 0. The summed E-state index contributed by atoms with van der Waals surface area (Å²) in [5, 5.41) is 6.62. The van der Waals surface area contributed by atoms with Crippen molar-refractivity contribution in [1.29, 1.82) is 0 Å². The number of carbonyl (C=O) groups excluding carboxylic acids is 2. The van der Waals surface area contributed by atoms with Gasteiger partial charge in [-0.25, -0.2) is 0 Å². The van der Waals surface area contributed by atoms with Crippen LogP contribution in [0, 0.1) is 0 Å². The van der Waals surface area contributed by atoms with Crippen LogP contribution in [-0.4, -0.2) is 35.3 Å². The van der Waals surface area contributed by atoms with Crippen LogP contribution in [0.2, 0.25) is 0 Å². The van der Waals surface area contributed by atoms with Gasteiger partial charge in [0.15, 0.2) is 0 Å². The van der Waals surface area contributed by atoms with Gasteiger partial charge in [-0.15, -0.1) is 17.9 Å². The number of aromatic nitrogens is 1. The van der Waals surface area contributed by atoms with Gasteiger partial charge in [0.05, 0.1) is 35.7 Å². The van der Waals surface area contributed by atoms with Crippen molar-refractivity contribution in [2.24, 2.45) is 5.10 Å². The number of anilines is 2. The number of hydrazone groups is 1. The minimum absolute atomic E-state index is 0.189. The first-order chi connectivity index (χ1) is 18.5. The fraction of sp³-hybridized carbons (Fsp3) is 0.214. The lowest BCUT2D eigenvalue weighted by Gasteiger charge is -2.16. The molecule has 2 aliphatic rings. The van der Waals surface area contributed by atoms with Crippen molar-refractivity contribution in [3.63, 3.8) is 0 Å². The van der Waals surface area contributed by atoms with Crippen LogP contribution in [0.5, 0.6) is 0 Å². The Bertz CT molecular complexity index is 1640. The predicted molar refractivity (Wildman–Crippen MR) is 153 cm³/mol. The van der Waals surface area contributed by atoms with E-state index in [2.05, 4.69) is 16.6 Å². The summed E-state index contributed by atoms with van der Waals surface area (Å²) in [5.74, 6) is -0.894. The van der Waals surface area contributed by atoms with Gasteiger partial charge in [-0.05, 0) is 38.1 Å². The van der Waals surface area contributed by atoms with E-state index in [0.717, 1.165) is 15.6 Å². The highest BCUT2D eigenvalue weighted by Gasteiger charge is 2.35. The molecule has 0 saturated carbocycles. The van der Waals surface area contributed by atoms with Crippen LogP contribution in [0.15, 0.2) is 82.0 Å². The van der Waals surface area contributed by atoms with Crippen molar-refractivity contribution in [1.82, 2.24) is 4.57 Å². The number of esters is 1. The van der Waals surface area contributed by atoms with Crippen LogP contribution in [0.4, 0.5) is 11.4 Å². The van der Waals surface area contributed by atoms with Gasteiger partial charge >= 0.3 is 5.97 Å². The van der Waals surface area contributed by atoms with Crippen LogP contribution < -0.4 is 24.7 Å². The third-order valence-corrected chi connectivity index (χ3v) is 8.56. The number of carbonyl (C=O) groups is 2. The monoisotopic (exact) mass is 546 g/mol. The molecular formula is C28H26N4O4S2. The molecule has 5 rings (SSSR count). The first-order valence-electron chi connectivity index (χ1n) is 12.2. The Morgan fingerprint density at radius 2 is 1.82 bits per heavy atom. The summed E-state index contributed by atoms with van der Waals surface area (Å²) in [5.41, 5.74) is 1.89. The van der Waals surface area contributed by atoms with E-state index in [1.54, 1.807) is 29.7 Å². The molecule has 0 N–H and O–H groups in total. The van der Waals surface area contributed by atoms with Crippen LogP contribution >= 0.6 is 23.1 Å². The Balaban J connectivity index is 1.77. The number of nitrogens with zero attached hydrogens (tertiary/aromatic N) is 4. The van der Waals surface area contributed by atoms with Crippen molar-refractivity contribution in [3.05, 3.63) is 86.8 Å². The summed E-state index contributed by atoms with van der Waals surface area (Å²) in [6.07, 6.45) is 1.43. The SMILES string of the molecule is C=CCn1c(=C2C(=O)N(c3ccccc3)N=C2CC(=O)OCC)sc(=C2Sc3ccccc3N2CC)c1=O. The second-order valence-corrected chi connectivity index (χ2v) is 10.4. The number of allylic oxidation sites excluding steroid dienone is 1. The molecule has 1 aromatic heterocycles. The summed E-state index contributed by atoms with van der Waals surface area (Å²) < 4.78 is 7.67. The number of benzene rings is 2. The average molecular weight is 547 g/mol. The van der Waals surface area contributed by atoms with E-state index < -0.39 is 11.9 Å². The number of ether oxygens (including phenoxy) is 1. The minimum atomic E-state index is -0.491. The van der Waals surface area contributed by atoms with E-state index in [1.807, 2.05) is 49.4 Å². The third-order valence-electron chi connectivity index (χ3n) is 6.06. The molecular weight excluding hydrogens is 520 g/mol. The van der Waals surface area contributed by atoms with Gasteiger partial charge in [0.2, 0.25) is 0 Å². The van der Waals surface area contributed by atoms with Crippen LogP contribution in [-0.2, 0) is 20.9 Å². The van der Waals surface area contributed by atoms with Gasteiger partial charge in [0, 0.05) is 18.0 Å². The van der Waals surface area contributed by atoms with E-state index in [-0.39, 0.29) is 36.4 Å². The van der Waals surface area contributed by atoms with E-state index in [0.29, 0.717) is 21.4 Å². The molecule has 3 heterocycles. The van der Waals surface area contributed by atoms with Gasteiger partial charge in [-0.1, -0.05) is 48.2 Å². The predicted octanol–water partition coefficient (Wildman–Crippen LogP) is 3.30. The fourth-order valence-corrected chi connectivity index (χ4v) is 6.99. The van der Waals surface area contributed by atoms with E-state index in [1.165, 1.54) is 28.1 Å². The van der Waals surface area contributed by atoms with Crippen LogP contribution in [0.25, 0.3) is 10.6 Å². The van der Waals surface area contributed by atoms with E-state index in [9.17, 15) is 14.4 Å². The van der Waals surface area contributed by atoms with Crippen molar-refractivity contribution < 1.29 is 14.3 Å². The standard InChI is InChI=1S/C28H26N4O4S2/c1-4-16-31-26(35)24(28-30(5-2)20-14-10-11-15-21(20)37-28)38-27(31)23-19(17-22(33)36-6-3)29-32(25(23)34)18-12-8-7-9-13-18/h4,7-15H,1,5-6,16-17H2,2-3H3. The summed E-state index contributed by atoms with van der Waals surface area (Å²) in [4.78, 5) is 43.3. The number of hydrogen-bond acceptors (Lipinski definition) is 8. The number of hydrogen-bond donors (Lipinski definition) is 0. The molecule has 0 spiro atoms. The molecule has 8 nitrogen and oxygen atoms in total. The lowest BCUT2D eigenvalue weighted by atomic mass is 10.1. The second kappa shape index (κ2) is 10.8. The Morgan fingerprint density at radius 1 is 1.08 bits per heavy atom. The highest BCUT2D eigenvalue weighted by molar-refractivity contribution is 8.08. The summed E-state index contributed by atoms with van der Waals surface area (Å²) >= 11 is 2.78. The smallest absolute Gasteiger partial charge is 0.311 e. The Labute approximate surface area is 227 Å². The molecule has 0 bridgehead atoms. The van der Waals surface area contributed by atoms with Gasteiger partial charge in [-0.3, -0.25) is 19.0 Å². The van der Waals surface area contributed by atoms with Crippen molar-refractivity contribution in [3.8, 4) is 0 Å². The zero-order chi connectivity index (χ0) is 26.8. The number of rotatable bonds is 7. The first-order valence-corrected chi connectivity index (χ1v) is 13.9. The molecule has 10 heteroatoms. The largest absolute Gasteiger partial charge is 0.466 e. The van der Waals surface area contributed by atoms with Gasteiger partial charge in [0.25, 0.3) is 11.5 Å². The van der Waals surface area contributed by atoms with Crippen molar-refractivity contribution >= 4 is 62.7 Å². The zero-order valence-electron chi connectivity index (χ0n) is 21.0. The number of thioether (sulfide) groups is 1.